The molecule has 5 nitrogen and oxygen atoms in total. The van der Waals surface area contributed by atoms with E-state index in [9.17, 15) is 9.59 Å². The van der Waals surface area contributed by atoms with E-state index in [1.807, 2.05) is 0 Å². The number of carboxylic acid groups (broad SMARTS) is 1. The smallest absolute Gasteiger partial charge is 0.326 e. The molecule has 1 rings (SSSR count). The average molecular weight is 209 g/mol. The van der Waals surface area contributed by atoms with Crippen molar-refractivity contribution in [2.75, 3.05) is 4.90 Å². The number of carboxylic acids is 1. The van der Waals surface area contributed by atoms with Gasteiger partial charge in [-0.3, -0.25) is 4.79 Å². The van der Waals surface area contributed by atoms with E-state index in [1.165, 1.54) is 31.2 Å². The summed E-state index contributed by atoms with van der Waals surface area (Å²) in [6, 6.07) is 4.79. The normalized spacial score (nSPS) is 11.8. The summed E-state index contributed by atoms with van der Waals surface area (Å²) in [5, 5.41) is 17.8. The number of carbonyl (C=O) groups excluding carboxylic acids is 1. The number of hydrogen-bond donors (Lipinski definition) is 2. The lowest BCUT2D eigenvalue weighted by molar-refractivity contribution is -0.138. The Kier molecular flexibility index (Phi) is 3.28. The van der Waals surface area contributed by atoms with Crippen LogP contribution in [0, 0.1) is 0 Å². The van der Waals surface area contributed by atoms with Crippen molar-refractivity contribution in [2.24, 2.45) is 0 Å². The lowest BCUT2D eigenvalue weighted by Gasteiger charge is -2.21. The fourth-order valence-corrected chi connectivity index (χ4v) is 1.12. The summed E-state index contributed by atoms with van der Waals surface area (Å²) < 4.78 is 0. The van der Waals surface area contributed by atoms with Crippen LogP contribution in [0.4, 0.5) is 5.69 Å². The molecule has 0 fully saturated rings. The van der Waals surface area contributed by atoms with E-state index in [-0.39, 0.29) is 5.75 Å². The summed E-state index contributed by atoms with van der Waals surface area (Å²) in [6.07, 6.45) is 0.450. The zero-order valence-electron chi connectivity index (χ0n) is 8.12. The molecule has 0 saturated carbocycles. The van der Waals surface area contributed by atoms with Crippen LogP contribution in [-0.2, 0) is 9.59 Å². The molecule has 1 atom stereocenters. The molecule has 0 aliphatic heterocycles. The zero-order valence-corrected chi connectivity index (χ0v) is 8.12. The number of benzene rings is 1. The Morgan fingerprint density at radius 2 is 1.93 bits per heavy atom. The fraction of sp³-hybridized carbons (Fsp3) is 0.200. The first-order valence-corrected chi connectivity index (χ1v) is 4.31. The molecular formula is C10H11NO4. The SMILES string of the molecule is CC(C(=O)O)N(C=O)c1ccc(O)cc1. The lowest BCUT2D eigenvalue weighted by atomic mass is 10.2. The third-order valence-electron chi connectivity index (χ3n) is 2.04. The minimum Gasteiger partial charge on any atom is -0.508 e. The van der Waals surface area contributed by atoms with Crippen molar-refractivity contribution in [3.05, 3.63) is 24.3 Å². The number of carbonyl (C=O) groups is 2. The Morgan fingerprint density at radius 3 is 2.33 bits per heavy atom. The molecule has 0 heterocycles. The quantitative estimate of drug-likeness (QED) is 0.720. The van der Waals surface area contributed by atoms with Crippen LogP contribution >= 0.6 is 0 Å². The topological polar surface area (TPSA) is 77.8 Å². The van der Waals surface area contributed by atoms with Crippen LogP contribution in [0.15, 0.2) is 24.3 Å². The maximum absolute atomic E-state index is 10.7. The Labute approximate surface area is 86.6 Å². The van der Waals surface area contributed by atoms with Gasteiger partial charge in [0, 0.05) is 5.69 Å². The number of aliphatic carboxylic acids is 1. The third-order valence-corrected chi connectivity index (χ3v) is 2.04. The van der Waals surface area contributed by atoms with Crippen molar-refractivity contribution in [2.45, 2.75) is 13.0 Å². The highest BCUT2D eigenvalue weighted by Crippen LogP contribution is 2.19. The summed E-state index contributed by atoms with van der Waals surface area (Å²) >= 11 is 0. The fourth-order valence-electron chi connectivity index (χ4n) is 1.12. The summed E-state index contributed by atoms with van der Waals surface area (Å²) in [5.74, 6) is -1.03. The van der Waals surface area contributed by atoms with Crippen LogP contribution in [0.1, 0.15) is 6.92 Å². The van der Waals surface area contributed by atoms with Gasteiger partial charge in [-0.1, -0.05) is 0 Å². The first-order valence-electron chi connectivity index (χ1n) is 4.31. The molecule has 0 aliphatic carbocycles. The predicted octanol–water partition coefficient (Wildman–Crippen LogP) is 0.828. The van der Waals surface area contributed by atoms with Gasteiger partial charge in [-0.15, -0.1) is 0 Å². The Bertz CT molecular complexity index is 360. The maximum atomic E-state index is 10.7. The number of rotatable bonds is 4. The molecule has 0 aliphatic rings. The minimum atomic E-state index is -1.09. The number of hydrogen-bond acceptors (Lipinski definition) is 3. The van der Waals surface area contributed by atoms with Crippen molar-refractivity contribution < 1.29 is 19.8 Å². The van der Waals surface area contributed by atoms with Crippen LogP contribution in [0.25, 0.3) is 0 Å². The molecule has 1 unspecified atom stereocenters. The number of phenols is 1. The summed E-state index contributed by atoms with van der Waals surface area (Å²) in [6.45, 7) is 1.41. The second kappa shape index (κ2) is 4.45. The minimum absolute atomic E-state index is 0.0626. The lowest BCUT2D eigenvalue weighted by Crippen LogP contribution is -2.37. The molecule has 0 radical (unpaired) electrons. The van der Waals surface area contributed by atoms with Gasteiger partial charge in [0.2, 0.25) is 6.41 Å². The average Bonchev–Trinajstić information content (AvgIpc) is 2.21. The Balaban J connectivity index is 2.97. The van der Waals surface area contributed by atoms with Gasteiger partial charge in [-0.25, -0.2) is 4.79 Å². The number of amides is 1. The van der Waals surface area contributed by atoms with Crippen molar-refractivity contribution in [3.63, 3.8) is 0 Å². The van der Waals surface area contributed by atoms with Gasteiger partial charge in [0.15, 0.2) is 0 Å². The first-order chi connectivity index (χ1) is 7.06. The van der Waals surface area contributed by atoms with Crippen molar-refractivity contribution in [1.82, 2.24) is 0 Å². The van der Waals surface area contributed by atoms with Gasteiger partial charge in [0.1, 0.15) is 11.8 Å². The van der Waals surface area contributed by atoms with Crippen LogP contribution in [0.2, 0.25) is 0 Å². The number of anilines is 1. The van der Waals surface area contributed by atoms with Crippen LogP contribution in [-0.4, -0.2) is 28.6 Å². The molecular weight excluding hydrogens is 198 g/mol. The van der Waals surface area contributed by atoms with Crippen molar-refractivity contribution >= 4 is 18.1 Å². The standard InChI is InChI=1S/C10H11NO4/c1-7(10(14)15)11(6-12)8-2-4-9(13)5-3-8/h2-7,13H,1H3,(H,14,15). The van der Waals surface area contributed by atoms with Gasteiger partial charge in [-0.2, -0.15) is 0 Å². The molecule has 80 valence electrons. The Hall–Kier alpha value is -2.04. The summed E-state index contributed by atoms with van der Waals surface area (Å²) in [4.78, 5) is 22.5. The zero-order chi connectivity index (χ0) is 11.4. The highest BCUT2D eigenvalue weighted by Gasteiger charge is 2.20. The molecule has 0 aromatic heterocycles. The highest BCUT2D eigenvalue weighted by atomic mass is 16.4. The van der Waals surface area contributed by atoms with E-state index in [4.69, 9.17) is 10.2 Å². The van der Waals surface area contributed by atoms with E-state index in [0.29, 0.717) is 12.1 Å². The van der Waals surface area contributed by atoms with Crippen molar-refractivity contribution in [3.8, 4) is 5.75 Å². The summed E-state index contributed by atoms with van der Waals surface area (Å²) in [5.41, 5.74) is 0.428. The first kappa shape index (κ1) is 11.0. The van der Waals surface area contributed by atoms with E-state index in [1.54, 1.807) is 0 Å². The molecule has 0 spiro atoms. The third kappa shape index (κ3) is 2.46. The van der Waals surface area contributed by atoms with Crippen LogP contribution < -0.4 is 4.90 Å². The van der Waals surface area contributed by atoms with Gasteiger partial charge in [-0.05, 0) is 31.2 Å². The molecule has 1 aromatic carbocycles. The Morgan fingerprint density at radius 1 is 1.40 bits per heavy atom. The van der Waals surface area contributed by atoms with Gasteiger partial charge in [0.05, 0.1) is 0 Å². The van der Waals surface area contributed by atoms with E-state index < -0.39 is 12.0 Å². The molecule has 0 saturated heterocycles. The molecule has 15 heavy (non-hydrogen) atoms. The molecule has 2 N–H and O–H groups in total. The monoisotopic (exact) mass is 209 g/mol. The second-order valence-corrected chi connectivity index (χ2v) is 3.04. The van der Waals surface area contributed by atoms with E-state index in [2.05, 4.69) is 0 Å². The van der Waals surface area contributed by atoms with Crippen molar-refractivity contribution in [1.29, 1.82) is 0 Å². The largest absolute Gasteiger partial charge is 0.508 e. The number of aromatic hydroxyl groups is 1. The highest BCUT2D eigenvalue weighted by molar-refractivity contribution is 5.87. The molecule has 1 amide bonds. The van der Waals surface area contributed by atoms with Gasteiger partial charge >= 0.3 is 5.97 Å². The number of nitrogens with zero attached hydrogens (tertiary/aromatic N) is 1. The van der Waals surface area contributed by atoms with E-state index in [0.717, 1.165) is 4.90 Å². The van der Waals surface area contributed by atoms with E-state index >= 15 is 0 Å². The van der Waals surface area contributed by atoms with Crippen LogP contribution in [0.5, 0.6) is 5.75 Å². The van der Waals surface area contributed by atoms with Gasteiger partial charge < -0.3 is 15.1 Å². The maximum Gasteiger partial charge on any atom is 0.326 e. The molecule has 5 heteroatoms. The number of phenolic OH excluding ortho intramolecular Hbond substituents is 1. The van der Waals surface area contributed by atoms with Gasteiger partial charge in [0.25, 0.3) is 0 Å². The van der Waals surface area contributed by atoms with Crippen LogP contribution in [0.3, 0.4) is 0 Å². The molecule has 0 bridgehead atoms. The second-order valence-electron chi connectivity index (χ2n) is 3.04. The summed E-state index contributed by atoms with van der Waals surface area (Å²) in [7, 11) is 0. The molecule has 1 aromatic rings. The predicted molar refractivity (Wildman–Crippen MR) is 53.7 cm³/mol.